The van der Waals surface area contributed by atoms with Crippen molar-refractivity contribution in [2.45, 2.75) is 24.7 Å². The quantitative estimate of drug-likeness (QED) is 0.259. The van der Waals surface area contributed by atoms with Crippen LogP contribution in [0, 0.1) is 5.92 Å². The normalized spacial score (nSPS) is 14.8. The second kappa shape index (κ2) is 9.54. The van der Waals surface area contributed by atoms with Crippen LogP contribution >= 0.6 is 39.9 Å². The lowest BCUT2D eigenvalue weighted by molar-refractivity contribution is -0.149. The highest BCUT2D eigenvalue weighted by atomic mass is 79.9. The molecule has 1 aromatic heterocycles. The number of hydrogen-bond acceptors (Lipinski definition) is 4. The van der Waals surface area contributed by atoms with E-state index in [2.05, 4.69) is 56.1 Å². The van der Waals surface area contributed by atoms with E-state index in [1.54, 1.807) is 11.8 Å². The number of halogens is 1. The van der Waals surface area contributed by atoms with Crippen LogP contribution in [-0.2, 0) is 9.53 Å². The van der Waals surface area contributed by atoms with Gasteiger partial charge in [-0.05, 0) is 43.5 Å². The van der Waals surface area contributed by atoms with Crippen LogP contribution in [0.4, 0.5) is 0 Å². The number of likely N-dealkylation sites (tertiary alicyclic amines) is 1. The molecule has 1 saturated heterocycles. The summed E-state index contributed by atoms with van der Waals surface area (Å²) in [7, 11) is 0. The molecule has 2 heterocycles. The van der Waals surface area contributed by atoms with Crippen molar-refractivity contribution in [1.82, 2.24) is 9.88 Å². The Labute approximate surface area is 194 Å². The molecule has 2 aromatic carbocycles. The number of carbonyl (C=O) groups excluding carboxylic acids is 1. The van der Waals surface area contributed by atoms with E-state index in [-0.39, 0.29) is 11.9 Å². The average molecular weight is 503 g/mol. The lowest BCUT2D eigenvalue weighted by Crippen LogP contribution is -2.38. The molecule has 4 nitrogen and oxygen atoms in total. The summed E-state index contributed by atoms with van der Waals surface area (Å²) in [6, 6.07) is 16.6. The first-order chi connectivity index (χ1) is 14.6. The Morgan fingerprint density at radius 2 is 1.90 bits per heavy atom. The minimum atomic E-state index is -0.0788. The van der Waals surface area contributed by atoms with Gasteiger partial charge in [-0.3, -0.25) is 4.79 Å². The van der Waals surface area contributed by atoms with E-state index in [0.717, 1.165) is 56.4 Å². The summed E-state index contributed by atoms with van der Waals surface area (Å²) in [5.74, 6) is -0.0923. The predicted molar refractivity (Wildman–Crippen MR) is 131 cm³/mol. The van der Waals surface area contributed by atoms with Crippen molar-refractivity contribution in [3.8, 4) is 11.3 Å². The number of H-pyrrole nitrogens is 1. The third-order valence-corrected chi connectivity index (χ3v) is 7.45. The maximum atomic E-state index is 12.0. The van der Waals surface area contributed by atoms with E-state index >= 15 is 0 Å². The van der Waals surface area contributed by atoms with Gasteiger partial charge in [-0.1, -0.05) is 70.2 Å². The zero-order valence-electron chi connectivity index (χ0n) is 16.7. The first kappa shape index (κ1) is 21.4. The second-order valence-corrected chi connectivity index (χ2v) is 9.82. The van der Waals surface area contributed by atoms with Crippen molar-refractivity contribution >= 4 is 61.1 Å². The highest BCUT2D eigenvalue weighted by Crippen LogP contribution is 2.39. The highest BCUT2D eigenvalue weighted by molar-refractivity contribution is 9.10. The van der Waals surface area contributed by atoms with Gasteiger partial charge in [0.2, 0.25) is 0 Å². The van der Waals surface area contributed by atoms with E-state index in [4.69, 9.17) is 17.0 Å². The molecule has 0 unspecified atom stereocenters. The monoisotopic (exact) mass is 502 g/mol. The number of hydrogen-bond donors (Lipinski definition) is 1. The number of thiocarbonyl (C=S) groups is 1. The third kappa shape index (κ3) is 4.58. The summed E-state index contributed by atoms with van der Waals surface area (Å²) >= 11 is 11.0. The van der Waals surface area contributed by atoms with Gasteiger partial charge in [-0.2, -0.15) is 0 Å². The molecule has 1 aliphatic rings. The standard InChI is InChI=1S/C23H23BrN2O2S2/c1-2-28-22(27)16-11-13-26(14-12-16)23(29)30-21-18-5-3-4-6-19(18)25-20(21)15-7-9-17(24)10-8-15/h3-10,16,25H,2,11-14H2,1H3. The summed E-state index contributed by atoms with van der Waals surface area (Å²) < 4.78 is 7.08. The van der Waals surface area contributed by atoms with Crippen LogP contribution < -0.4 is 0 Å². The molecule has 0 aliphatic carbocycles. The summed E-state index contributed by atoms with van der Waals surface area (Å²) in [6.07, 6.45) is 1.57. The topological polar surface area (TPSA) is 45.3 Å². The number of para-hydroxylation sites is 1. The molecule has 156 valence electrons. The number of aromatic amines is 1. The average Bonchev–Trinajstić information content (AvgIpc) is 3.13. The molecule has 0 atom stereocenters. The predicted octanol–water partition coefficient (Wildman–Crippen LogP) is 6.25. The Balaban J connectivity index is 1.55. The number of thioether (sulfide) groups is 1. The molecule has 30 heavy (non-hydrogen) atoms. The summed E-state index contributed by atoms with van der Waals surface area (Å²) in [5.41, 5.74) is 3.31. The Kier molecular flexibility index (Phi) is 6.80. The van der Waals surface area contributed by atoms with Gasteiger partial charge in [0.25, 0.3) is 0 Å². The molecule has 0 saturated carbocycles. The number of rotatable bonds is 4. The fraction of sp³-hybridized carbons (Fsp3) is 0.304. The SMILES string of the molecule is CCOC(=O)C1CCN(C(=S)Sc2c(-c3ccc(Br)cc3)[nH]c3ccccc23)CC1. The Morgan fingerprint density at radius 1 is 1.20 bits per heavy atom. The molecule has 3 aromatic rings. The van der Waals surface area contributed by atoms with E-state index in [9.17, 15) is 4.79 Å². The fourth-order valence-corrected chi connectivity index (χ4v) is 5.49. The largest absolute Gasteiger partial charge is 0.466 e. The van der Waals surface area contributed by atoms with Crippen molar-refractivity contribution in [3.63, 3.8) is 0 Å². The van der Waals surface area contributed by atoms with Crippen molar-refractivity contribution < 1.29 is 9.53 Å². The van der Waals surface area contributed by atoms with E-state index in [1.807, 2.05) is 25.1 Å². The number of fused-ring (bicyclic) bond motifs is 1. The van der Waals surface area contributed by atoms with E-state index in [0.29, 0.717) is 6.61 Å². The number of ether oxygens (including phenoxy) is 1. The van der Waals surface area contributed by atoms with Crippen molar-refractivity contribution in [2.24, 2.45) is 5.92 Å². The van der Waals surface area contributed by atoms with Crippen LogP contribution in [0.3, 0.4) is 0 Å². The van der Waals surface area contributed by atoms with Crippen LogP contribution in [-0.4, -0.2) is 39.9 Å². The lowest BCUT2D eigenvalue weighted by atomic mass is 9.97. The van der Waals surface area contributed by atoms with Crippen molar-refractivity contribution in [2.75, 3.05) is 19.7 Å². The maximum Gasteiger partial charge on any atom is 0.309 e. The summed E-state index contributed by atoms with van der Waals surface area (Å²) in [4.78, 5) is 18.9. The molecule has 0 radical (unpaired) electrons. The van der Waals surface area contributed by atoms with Gasteiger partial charge in [0.15, 0.2) is 0 Å². The van der Waals surface area contributed by atoms with Gasteiger partial charge >= 0.3 is 5.97 Å². The van der Waals surface area contributed by atoms with Gasteiger partial charge in [-0.25, -0.2) is 0 Å². The zero-order valence-corrected chi connectivity index (χ0v) is 19.9. The Bertz CT molecular complexity index is 1060. The van der Waals surface area contributed by atoms with Gasteiger partial charge in [-0.15, -0.1) is 0 Å². The smallest absolute Gasteiger partial charge is 0.309 e. The third-order valence-electron chi connectivity index (χ3n) is 5.35. The van der Waals surface area contributed by atoms with Gasteiger partial charge < -0.3 is 14.6 Å². The minimum absolute atomic E-state index is 0.0135. The fourth-order valence-electron chi connectivity index (χ4n) is 3.75. The van der Waals surface area contributed by atoms with Crippen LogP contribution in [0.15, 0.2) is 57.9 Å². The highest BCUT2D eigenvalue weighted by Gasteiger charge is 2.28. The van der Waals surface area contributed by atoms with E-state index < -0.39 is 0 Å². The number of nitrogens with one attached hydrogen (secondary N) is 1. The molecule has 1 N–H and O–H groups in total. The van der Waals surface area contributed by atoms with Crippen molar-refractivity contribution in [1.29, 1.82) is 0 Å². The number of benzene rings is 2. The van der Waals surface area contributed by atoms with E-state index in [1.165, 1.54) is 5.39 Å². The minimum Gasteiger partial charge on any atom is -0.466 e. The van der Waals surface area contributed by atoms with Gasteiger partial charge in [0.1, 0.15) is 4.32 Å². The van der Waals surface area contributed by atoms with Crippen LogP contribution in [0.1, 0.15) is 19.8 Å². The van der Waals surface area contributed by atoms with Crippen LogP contribution in [0.5, 0.6) is 0 Å². The molecular weight excluding hydrogens is 480 g/mol. The molecule has 0 spiro atoms. The Hall–Kier alpha value is -1.83. The van der Waals surface area contributed by atoms with Gasteiger partial charge in [0.05, 0.1) is 18.2 Å². The second-order valence-electron chi connectivity index (χ2n) is 7.26. The molecule has 1 fully saturated rings. The Morgan fingerprint density at radius 3 is 2.60 bits per heavy atom. The number of carbonyl (C=O) groups is 1. The lowest BCUT2D eigenvalue weighted by Gasteiger charge is -2.32. The summed E-state index contributed by atoms with van der Waals surface area (Å²) in [5, 5.41) is 1.17. The molecule has 4 rings (SSSR count). The van der Waals surface area contributed by atoms with Crippen LogP contribution in [0.2, 0.25) is 0 Å². The van der Waals surface area contributed by atoms with Crippen LogP contribution in [0.25, 0.3) is 22.2 Å². The summed E-state index contributed by atoms with van der Waals surface area (Å²) in [6.45, 7) is 3.85. The first-order valence-corrected chi connectivity index (χ1v) is 12.1. The number of piperidine rings is 1. The molecule has 1 aliphatic heterocycles. The molecule has 7 heteroatoms. The molecular formula is C23H23BrN2O2S2. The maximum absolute atomic E-state index is 12.0. The molecule has 0 bridgehead atoms. The number of aromatic nitrogens is 1. The number of nitrogens with zero attached hydrogens (tertiary/aromatic N) is 1. The first-order valence-electron chi connectivity index (χ1n) is 10.1. The number of esters is 1. The molecule has 0 amide bonds. The van der Waals surface area contributed by atoms with Crippen molar-refractivity contribution in [3.05, 3.63) is 53.0 Å². The van der Waals surface area contributed by atoms with Gasteiger partial charge in [0, 0.05) is 33.4 Å². The zero-order chi connectivity index (χ0) is 21.1.